The van der Waals surface area contributed by atoms with Crippen LogP contribution in [0.1, 0.15) is 203 Å². The summed E-state index contributed by atoms with van der Waals surface area (Å²) in [7, 11) is 6.34. The van der Waals surface area contributed by atoms with Crippen molar-refractivity contribution >= 4 is 64.8 Å². The van der Waals surface area contributed by atoms with Crippen LogP contribution in [0.4, 0.5) is 9.59 Å². The molecule has 12 atom stereocenters. The van der Waals surface area contributed by atoms with Gasteiger partial charge in [-0.15, -0.1) is 0 Å². The molecule has 2 aromatic rings. The molecule has 1 unspecified atom stereocenters. The van der Waals surface area contributed by atoms with Crippen LogP contribution in [0.15, 0.2) is 54.6 Å². The van der Waals surface area contributed by atoms with Gasteiger partial charge in [0.05, 0.1) is 48.7 Å². The van der Waals surface area contributed by atoms with Gasteiger partial charge in [-0.2, -0.15) is 0 Å². The third-order valence-corrected chi connectivity index (χ3v) is 20.1. The summed E-state index contributed by atoms with van der Waals surface area (Å²) >= 11 is 0. The molecule has 0 aromatic heterocycles. The van der Waals surface area contributed by atoms with Crippen molar-refractivity contribution in [2.75, 3.05) is 47.9 Å². The molecule has 0 radical (unpaired) electrons. The van der Waals surface area contributed by atoms with Crippen LogP contribution < -0.4 is 16.4 Å². The van der Waals surface area contributed by atoms with Crippen LogP contribution in [0.2, 0.25) is 0 Å². The van der Waals surface area contributed by atoms with Crippen LogP contribution >= 0.6 is 0 Å². The zero-order valence-corrected chi connectivity index (χ0v) is 60.9. The van der Waals surface area contributed by atoms with Crippen LogP contribution in [0, 0.1) is 52.8 Å². The number of benzene rings is 2. The number of hydrogen-bond acceptors (Lipinski definition) is 14. The van der Waals surface area contributed by atoms with E-state index in [1.165, 1.54) is 16.8 Å². The summed E-state index contributed by atoms with van der Waals surface area (Å²) in [6, 6.07) is 13.3. The number of methoxy groups -OCH3 is 2. The fraction of sp³-hybridized carbons (Fsp3) is 0.693. The van der Waals surface area contributed by atoms with Gasteiger partial charge in [0.1, 0.15) is 18.2 Å². The Hall–Kier alpha value is -6.87. The van der Waals surface area contributed by atoms with Gasteiger partial charge in [0.2, 0.25) is 29.5 Å². The predicted octanol–water partition coefficient (Wildman–Crippen LogP) is 10.5. The molecule has 2 aliphatic heterocycles. The van der Waals surface area contributed by atoms with Crippen LogP contribution in [-0.4, -0.2) is 169 Å². The minimum atomic E-state index is -0.952. The standard InChI is InChI=1S/C75H117N7O14/c1-18-49(8)68(64(94-16)44-66(88)81-38-26-31-60(81)69(95-17)51(10)61(84)39-50(9)54-27-21-19-22-28-54)79(14)71(90)57(47(4)5)42-63(86)67(48(6)7)80(15)74(93)96-45-53-34-32-52(33-35-53)40-62(85)59(30-25-36-77-73(76)92)78-70(89)56(46(2)3)41-55(83)29-23-20-24-37-82-65(87)43-58(72(82)91)75(11,12)13/h19,21-22,27-28,32-35,46-51,56-60,64,67-69H,18,20,23-26,29-31,36-45H2,1-17H3,(H,78,89)(H3,76,77,92)/t49-,50-,51-,56-,57-,58?,59-,60-,64+,67-,68-,69+/m0/s1. The number of likely N-dealkylation sites (tertiary alicyclic amines) is 2. The predicted molar refractivity (Wildman–Crippen MR) is 370 cm³/mol. The van der Waals surface area contributed by atoms with E-state index in [2.05, 4.69) is 10.6 Å². The lowest BCUT2D eigenvalue weighted by Crippen LogP contribution is -2.54. The zero-order valence-electron chi connectivity index (χ0n) is 60.9. The van der Waals surface area contributed by atoms with E-state index in [0.29, 0.717) is 69.2 Å². The average molecular weight is 1340 g/mol. The zero-order chi connectivity index (χ0) is 71.9. The summed E-state index contributed by atoms with van der Waals surface area (Å²) in [5.41, 5.74) is 7.28. The van der Waals surface area contributed by atoms with Crippen molar-refractivity contribution in [1.82, 2.24) is 30.2 Å². The maximum Gasteiger partial charge on any atom is 0.410 e. The molecule has 8 amide bonds. The number of amides is 8. The third-order valence-electron chi connectivity index (χ3n) is 20.1. The average Bonchev–Trinajstić information content (AvgIpc) is 1.51. The maximum absolute atomic E-state index is 14.9. The number of rotatable bonds is 41. The highest BCUT2D eigenvalue weighted by Gasteiger charge is 2.46. The van der Waals surface area contributed by atoms with Crippen molar-refractivity contribution < 1.29 is 67.0 Å². The Kier molecular flexibility index (Phi) is 33.1. The monoisotopic (exact) mass is 1340 g/mol. The molecule has 536 valence electrons. The highest BCUT2D eigenvalue weighted by Crippen LogP contribution is 2.37. The highest BCUT2D eigenvalue weighted by atomic mass is 16.6. The lowest BCUT2D eigenvalue weighted by molar-refractivity contribution is -0.149. The molecule has 96 heavy (non-hydrogen) atoms. The van der Waals surface area contributed by atoms with Gasteiger partial charge >= 0.3 is 12.1 Å². The van der Waals surface area contributed by atoms with Crippen LogP contribution in [0.25, 0.3) is 0 Å². The highest BCUT2D eigenvalue weighted by molar-refractivity contribution is 6.04. The Morgan fingerprint density at radius 2 is 1.35 bits per heavy atom. The summed E-state index contributed by atoms with van der Waals surface area (Å²) in [6.45, 7) is 25.7. The first kappa shape index (κ1) is 81.6. The summed E-state index contributed by atoms with van der Waals surface area (Å²) in [5, 5.41) is 5.42. The van der Waals surface area contributed by atoms with Gasteiger partial charge in [0.15, 0.2) is 11.6 Å². The molecule has 21 nitrogen and oxygen atoms in total. The number of Topliss-reactive ketones (excluding diaryl/α,β-unsaturated/α-hetero) is 4. The Bertz CT molecular complexity index is 2910. The second-order valence-electron chi connectivity index (χ2n) is 29.3. The van der Waals surface area contributed by atoms with Gasteiger partial charge < -0.3 is 45.3 Å². The molecule has 2 saturated heterocycles. The molecule has 0 bridgehead atoms. The number of hydrogen-bond donors (Lipinski definition) is 3. The van der Waals surface area contributed by atoms with E-state index < -0.39 is 66.1 Å². The Labute approximate surface area is 572 Å². The Morgan fingerprint density at radius 3 is 1.92 bits per heavy atom. The van der Waals surface area contributed by atoms with Crippen molar-refractivity contribution in [3.8, 4) is 0 Å². The van der Waals surface area contributed by atoms with Crippen molar-refractivity contribution in [3.05, 3.63) is 71.3 Å². The number of ketones is 4. The number of carbonyl (C=O) groups excluding carboxylic acids is 11. The number of urea groups is 1. The number of nitrogens with one attached hydrogen (secondary N) is 2. The molecule has 2 aromatic carbocycles. The maximum atomic E-state index is 14.9. The topological polar surface area (TPSA) is 278 Å². The van der Waals surface area contributed by atoms with Crippen molar-refractivity contribution in [3.63, 3.8) is 0 Å². The van der Waals surface area contributed by atoms with Gasteiger partial charge in [0.25, 0.3) is 0 Å². The minimum absolute atomic E-state index is 0.0190. The number of likely N-dealkylation sites (N-methyl/N-ethyl adjacent to an activating group) is 2. The second-order valence-corrected chi connectivity index (χ2v) is 29.3. The van der Waals surface area contributed by atoms with Gasteiger partial charge in [0, 0.05) is 104 Å². The largest absolute Gasteiger partial charge is 0.445 e. The van der Waals surface area contributed by atoms with Crippen LogP contribution in [0.3, 0.4) is 0 Å². The van der Waals surface area contributed by atoms with Gasteiger partial charge in [-0.05, 0) is 90.2 Å². The van der Waals surface area contributed by atoms with Crippen molar-refractivity contribution in [2.45, 2.75) is 235 Å². The molecular formula is C75H117N7O14. The molecular weight excluding hydrogens is 1220 g/mol. The summed E-state index contributed by atoms with van der Waals surface area (Å²) in [5.74, 6) is -5.12. The fourth-order valence-corrected chi connectivity index (χ4v) is 13.9. The van der Waals surface area contributed by atoms with Gasteiger partial charge in [-0.3, -0.25) is 48.1 Å². The van der Waals surface area contributed by atoms with E-state index in [1.807, 2.05) is 125 Å². The van der Waals surface area contributed by atoms with E-state index >= 15 is 0 Å². The molecule has 2 fully saturated rings. The van der Waals surface area contributed by atoms with Crippen molar-refractivity contribution in [2.24, 2.45) is 58.5 Å². The minimum Gasteiger partial charge on any atom is -0.445 e. The number of carbonyl (C=O) groups is 11. The van der Waals surface area contributed by atoms with E-state index in [4.69, 9.17) is 19.9 Å². The number of ether oxygens (including phenoxy) is 3. The number of nitrogens with zero attached hydrogens (tertiary/aromatic N) is 4. The summed E-state index contributed by atoms with van der Waals surface area (Å²) in [4.78, 5) is 156. The molecule has 0 spiro atoms. The van der Waals surface area contributed by atoms with E-state index in [-0.39, 0.29) is 152 Å². The summed E-state index contributed by atoms with van der Waals surface area (Å²) in [6.07, 6.45) is 2.86. The van der Waals surface area contributed by atoms with Crippen molar-refractivity contribution in [1.29, 1.82) is 0 Å². The van der Waals surface area contributed by atoms with Gasteiger partial charge in [-0.1, -0.05) is 157 Å². The SMILES string of the molecule is CC[C@H](C)[C@@H]([C@@H](CC(=O)N1CCC[C@H]1[C@H](OC)[C@@H](C)C(=O)C[C@H](C)c1ccccc1)OC)N(C)C(=O)[C@@H](CC(=O)[C@H](C(C)C)N(C)C(=O)OCc1ccc(CC(=O)[C@H](CCCNC(N)=O)NC(=O)[C@@H](CC(=O)CCCCCN2C(=O)CC(C(C)(C)C)C2=O)C(C)C)cc1)C(C)C. The molecule has 4 rings (SSSR count). The van der Waals surface area contributed by atoms with E-state index in [0.717, 1.165) is 12.0 Å². The normalized spacial score (nSPS) is 18.2. The molecule has 2 heterocycles. The van der Waals surface area contributed by atoms with Gasteiger partial charge in [-0.25, -0.2) is 9.59 Å². The number of imide groups is 1. The Balaban J connectivity index is 1.37. The smallest absolute Gasteiger partial charge is 0.410 e. The first-order chi connectivity index (χ1) is 45.2. The van der Waals surface area contributed by atoms with Crippen LogP contribution in [-0.2, 0) is 70.4 Å². The second kappa shape index (κ2) is 38.9. The van der Waals surface area contributed by atoms with Crippen LogP contribution in [0.5, 0.6) is 0 Å². The first-order valence-electron chi connectivity index (χ1n) is 35.1. The molecule has 2 aliphatic rings. The molecule has 21 heteroatoms. The number of nitrogens with two attached hydrogens (primary N) is 1. The number of unbranched alkanes of at least 4 members (excludes halogenated alkanes) is 2. The fourth-order valence-electron chi connectivity index (χ4n) is 13.9. The third kappa shape index (κ3) is 23.7. The molecule has 0 saturated carbocycles. The summed E-state index contributed by atoms with van der Waals surface area (Å²) < 4.78 is 17.9. The lowest BCUT2D eigenvalue weighted by Gasteiger charge is -2.41. The quantitative estimate of drug-likeness (QED) is 0.0413. The molecule has 0 aliphatic carbocycles. The van der Waals surface area contributed by atoms with E-state index in [1.54, 1.807) is 50.4 Å². The molecule has 4 N–H and O–H groups in total. The Morgan fingerprint density at radius 1 is 0.719 bits per heavy atom. The lowest BCUT2D eigenvalue weighted by atomic mass is 9.80. The number of primary amides is 1. The van der Waals surface area contributed by atoms with E-state index in [9.17, 15) is 52.7 Å². The first-order valence-corrected chi connectivity index (χ1v) is 35.1.